The summed E-state index contributed by atoms with van der Waals surface area (Å²) in [5.41, 5.74) is 3.69. The second-order valence-electron chi connectivity index (χ2n) is 9.69. The van der Waals surface area contributed by atoms with Gasteiger partial charge in [-0.05, 0) is 74.9 Å². The van der Waals surface area contributed by atoms with Crippen LogP contribution in [0.15, 0.2) is 48.8 Å². The summed E-state index contributed by atoms with van der Waals surface area (Å²) in [6, 6.07) is 12.8. The van der Waals surface area contributed by atoms with Crippen LogP contribution in [0.1, 0.15) is 37.6 Å². The number of likely N-dealkylation sites (tertiary alicyclic amines) is 1. The number of benzene rings is 1. The normalized spacial score (nSPS) is 21.0. The summed E-state index contributed by atoms with van der Waals surface area (Å²) in [7, 11) is 2.05. The number of fused-ring (bicyclic) bond motifs is 1. The Hall–Kier alpha value is -2.73. The van der Waals surface area contributed by atoms with Crippen molar-refractivity contribution in [3.05, 3.63) is 60.2 Å². The van der Waals surface area contributed by atoms with Crippen LogP contribution < -0.4 is 5.32 Å². The van der Waals surface area contributed by atoms with Crippen LogP contribution in [0, 0.1) is 11.3 Å². The van der Waals surface area contributed by atoms with Gasteiger partial charge in [-0.25, -0.2) is 4.98 Å². The van der Waals surface area contributed by atoms with Crippen LogP contribution in [0.4, 0.5) is 0 Å². The number of rotatable bonds is 7. The number of hydrogen-bond acceptors (Lipinski definition) is 4. The zero-order valence-corrected chi connectivity index (χ0v) is 19.1. The highest BCUT2D eigenvalue weighted by Gasteiger charge is 2.58. The molecule has 168 valence electrons. The Labute approximate surface area is 190 Å². The molecule has 1 aliphatic carbocycles. The molecule has 1 N–H and O–H groups in total. The number of aromatic nitrogens is 3. The van der Waals surface area contributed by atoms with E-state index in [4.69, 9.17) is 4.98 Å². The molecule has 1 spiro atoms. The third kappa shape index (κ3) is 4.16. The number of amides is 1. The third-order valence-corrected chi connectivity index (χ3v) is 7.70. The van der Waals surface area contributed by atoms with Gasteiger partial charge >= 0.3 is 0 Å². The number of para-hydroxylation sites is 2. The predicted molar refractivity (Wildman–Crippen MR) is 126 cm³/mol. The van der Waals surface area contributed by atoms with E-state index in [1.807, 2.05) is 43.7 Å². The van der Waals surface area contributed by atoms with E-state index in [2.05, 4.69) is 38.8 Å². The third-order valence-electron chi connectivity index (χ3n) is 7.70. The summed E-state index contributed by atoms with van der Waals surface area (Å²) in [5, 5.41) is 3.19. The smallest absolute Gasteiger partial charge is 0.223 e. The lowest BCUT2D eigenvalue weighted by Crippen LogP contribution is -2.42. The van der Waals surface area contributed by atoms with Crippen molar-refractivity contribution in [1.29, 1.82) is 0 Å². The lowest BCUT2D eigenvalue weighted by molar-refractivity contribution is -0.123. The van der Waals surface area contributed by atoms with E-state index in [-0.39, 0.29) is 17.2 Å². The minimum atomic E-state index is 0.193. The molecule has 1 aliphatic heterocycles. The first-order valence-corrected chi connectivity index (χ1v) is 11.9. The van der Waals surface area contributed by atoms with Crippen molar-refractivity contribution < 1.29 is 4.79 Å². The Bertz CT molecular complexity index is 1080. The van der Waals surface area contributed by atoms with Crippen LogP contribution in [0.25, 0.3) is 11.0 Å². The van der Waals surface area contributed by atoms with Crippen molar-refractivity contribution in [3.8, 4) is 0 Å². The number of nitrogens with one attached hydrogen (secondary N) is 1. The standard InChI is InChI=1S/C26H33N5O/c1-19(16-20-6-5-12-27-18-20)31-14-10-26(11-15-31)17-21(26)25(32)28-13-9-24-29-22-7-3-4-8-23(22)30(24)2/h3-8,12,18-19,21H,9-11,13-17H2,1-2H3,(H,28,32)/t19-,21+/m0/s1. The maximum Gasteiger partial charge on any atom is 0.223 e. The van der Waals surface area contributed by atoms with Crippen molar-refractivity contribution in [3.63, 3.8) is 0 Å². The van der Waals surface area contributed by atoms with Gasteiger partial charge in [-0.15, -0.1) is 0 Å². The van der Waals surface area contributed by atoms with Gasteiger partial charge in [0.25, 0.3) is 0 Å². The highest BCUT2D eigenvalue weighted by Crippen LogP contribution is 2.59. The minimum absolute atomic E-state index is 0.193. The van der Waals surface area contributed by atoms with Gasteiger partial charge in [-0.2, -0.15) is 0 Å². The fourth-order valence-corrected chi connectivity index (χ4v) is 5.51. The number of piperidine rings is 1. The molecule has 6 heteroatoms. The summed E-state index contributed by atoms with van der Waals surface area (Å²) in [4.78, 5) is 24.4. The monoisotopic (exact) mass is 431 g/mol. The van der Waals surface area contributed by atoms with E-state index in [1.54, 1.807) is 0 Å². The molecule has 1 saturated carbocycles. The zero-order chi connectivity index (χ0) is 22.1. The Morgan fingerprint density at radius 1 is 1.22 bits per heavy atom. The van der Waals surface area contributed by atoms with Crippen LogP contribution in [0.3, 0.4) is 0 Å². The molecule has 3 aromatic rings. The van der Waals surface area contributed by atoms with Gasteiger partial charge in [-0.1, -0.05) is 18.2 Å². The van der Waals surface area contributed by atoms with E-state index in [0.717, 1.165) is 62.1 Å². The fraction of sp³-hybridized carbons (Fsp3) is 0.500. The highest BCUT2D eigenvalue weighted by atomic mass is 16.2. The molecule has 3 heterocycles. The number of imidazole rings is 1. The minimum Gasteiger partial charge on any atom is -0.355 e. The van der Waals surface area contributed by atoms with E-state index in [9.17, 15) is 4.79 Å². The van der Waals surface area contributed by atoms with E-state index in [0.29, 0.717) is 12.6 Å². The summed E-state index contributed by atoms with van der Waals surface area (Å²) < 4.78 is 2.13. The molecule has 2 fully saturated rings. The summed E-state index contributed by atoms with van der Waals surface area (Å²) in [6.07, 6.45) is 8.91. The molecule has 1 saturated heterocycles. The van der Waals surface area contributed by atoms with Crippen LogP contribution in [0.2, 0.25) is 0 Å². The first-order chi connectivity index (χ1) is 15.6. The van der Waals surface area contributed by atoms with Crippen molar-refractivity contribution >= 4 is 16.9 Å². The molecule has 0 radical (unpaired) electrons. The molecular weight excluding hydrogens is 398 g/mol. The molecule has 0 unspecified atom stereocenters. The number of pyridine rings is 1. The van der Waals surface area contributed by atoms with Crippen LogP contribution in [-0.2, 0) is 24.7 Å². The Balaban J connectivity index is 1.08. The number of carbonyl (C=O) groups excluding carboxylic acids is 1. The first-order valence-electron chi connectivity index (χ1n) is 11.9. The van der Waals surface area contributed by atoms with Gasteiger partial charge in [0.15, 0.2) is 0 Å². The van der Waals surface area contributed by atoms with Gasteiger partial charge in [0.05, 0.1) is 11.0 Å². The zero-order valence-electron chi connectivity index (χ0n) is 19.1. The SMILES string of the molecule is C[C@@H](Cc1cccnc1)N1CCC2(CC1)C[C@@H]2C(=O)NCCc1nc2ccccc2n1C. The van der Waals surface area contributed by atoms with Crippen molar-refractivity contribution in [2.24, 2.45) is 18.4 Å². The molecule has 1 aromatic carbocycles. The molecule has 32 heavy (non-hydrogen) atoms. The fourth-order valence-electron chi connectivity index (χ4n) is 5.51. The Morgan fingerprint density at radius 3 is 2.78 bits per heavy atom. The maximum absolute atomic E-state index is 12.8. The van der Waals surface area contributed by atoms with E-state index < -0.39 is 0 Å². The summed E-state index contributed by atoms with van der Waals surface area (Å²) in [6.45, 7) is 5.14. The Kier molecular flexibility index (Phi) is 5.72. The van der Waals surface area contributed by atoms with E-state index in [1.165, 1.54) is 5.56 Å². The van der Waals surface area contributed by atoms with Crippen molar-refractivity contribution in [2.75, 3.05) is 19.6 Å². The largest absolute Gasteiger partial charge is 0.355 e. The van der Waals surface area contributed by atoms with Gasteiger partial charge in [0.2, 0.25) is 5.91 Å². The quantitative estimate of drug-likeness (QED) is 0.623. The average Bonchev–Trinajstić information content (AvgIpc) is 3.42. The summed E-state index contributed by atoms with van der Waals surface area (Å²) in [5.74, 6) is 1.45. The molecular formula is C26H33N5O. The molecule has 5 rings (SSSR count). The van der Waals surface area contributed by atoms with Crippen LogP contribution in [-0.4, -0.2) is 51.0 Å². The van der Waals surface area contributed by atoms with Gasteiger partial charge in [-0.3, -0.25) is 9.78 Å². The van der Waals surface area contributed by atoms with E-state index >= 15 is 0 Å². The molecule has 6 nitrogen and oxygen atoms in total. The first kappa shape index (κ1) is 21.1. The van der Waals surface area contributed by atoms with Gasteiger partial charge in [0.1, 0.15) is 5.82 Å². The molecule has 2 atom stereocenters. The predicted octanol–water partition coefficient (Wildman–Crippen LogP) is 3.36. The number of nitrogens with zero attached hydrogens (tertiary/aromatic N) is 4. The maximum atomic E-state index is 12.8. The summed E-state index contributed by atoms with van der Waals surface area (Å²) >= 11 is 0. The lowest BCUT2D eigenvalue weighted by Gasteiger charge is -2.37. The van der Waals surface area contributed by atoms with Crippen LogP contribution in [0.5, 0.6) is 0 Å². The molecule has 0 bridgehead atoms. The van der Waals surface area contributed by atoms with Crippen molar-refractivity contribution in [1.82, 2.24) is 24.8 Å². The number of aryl methyl sites for hydroxylation is 1. The second kappa shape index (κ2) is 8.66. The highest BCUT2D eigenvalue weighted by molar-refractivity contribution is 5.82. The van der Waals surface area contributed by atoms with Gasteiger partial charge < -0.3 is 14.8 Å². The number of carbonyl (C=O) groups is 1. The molecule has 1 amide bonds. The number of hydrogen-bond donors (Lipinski definition) is 1. The topological polar surface area (TPSA) is 63.1 Å². The average molecular weight is 432 g/mol. The van der Waals surface area contributed by atoms with Gasteiger partial charge in [0, 0.05) is 44.4 Å². The van der Waals surface area contributed by atoms with Crippen LogP contribution >= 0.6 is 0 Å². The Morgan fingerprint density at radius 2 is 2.03 bits per heavy atom. The molecule has 2 aliphatic rings. The lowest BCUT2D eigenvalue weighted by atomic mass is 9.89. The molecule has 2 aromatic heterocycles. The van der Waals surface area contributed by atoms with Crippen molar-refractivity contribution in [2.45, 2.75) is 45.1 Å². The second-order valence-corrected chi connectivity index (χ2v) is 9.69.